The quantitative estimate of drug-likeness (QED) is 0.549. The van der Waals surface area contributed by atoms with Gasteiger partial charge in [0.1, 0.15) is 23.1 Å². The Morgan fingerprint density at radius 2 is 1.81 bits per heavy atom. The van der Waals surface area contributed by atoms with Gasteiger partial charge in [0.2, 0.25) is 0 Å². The van der Waals surface area contributed by atoms with E-state index in [0.29, 0.717) is 28.1 Å². The Labute approximate surface area is 177 Å². The van der Waals surface area contributed by atoms with E-state index in [4.69, 9.17) is 14.6 Å². The molecule has 0 aliphatic rings. The molecule has 0 unspecified atom stereocenters. The van der Waals surface area contributed by atoms with Gasteiger partial charge in [0.05, 0.1) is 12.8 Å². The molecular formula is C23H20F3NO4. The molecule has 0 aliphatic heterocycles. The molecule has 0 heterocycles. The van der Waals surface area contributed by atoms with Crippen LogP contribution >= 0.6 is 0 Å². The Kier molecular flexibility index (Phi) is 6.39. The fraction of sp³-hybridized carbons (Fsp3) is 0.174. The van der Waals surface area contributed by atoms with Gasteiger partial charge in [-0.05, 0) is 60.0 Å². The fourth-order valence-electron chi connectivity index (χ4n) is 3.31. The molecule has 3 rings (SSSR count). The van der Waals surface area contributed by atoms with Crippen molar-refractivity contribution in [2.45, 2.75) is 6.92 Å². The number of benzene rings is 3. The van der Waals surface area contributed by atoms with Crippen molar-refractivity contribution in [3.63, 3.8) is 0 Å². The Morgan fingerprint density at radius 3 is 2.45 bits per heavy atom. The van der Waals surface area contributed by atoms with Gasteiger partial charge in [-0.25, -0.2) is 18.0 Å². The predicted molar refractivity (Wildman–Crippen MR) is 111 cm³/mol. The zero-order valence-electron chi connectivity index (χ0n) is 17.1. The lowest BCUT2D eigenvalue weighted by Gasteiger charge is -2.25. The summed E-state index contributed by atoms with van der Waals surface area (Å²) in [5.41, 5.74) is 1.76. The summed E-state index contributed by atoms with van der Waals surface area (Å²) in [5.74, 6) is -3.67. The Bertz CT molecular complexity index is 1130. The van der Waals surface area contributed by atoms with Crippen LogP contribution in [0.5, 0.6) is 11.5 Å². The van der Waals surface area contributed by atoms with Crippen LogP contribution in [0.1, 0.15) is 5.56 Å². The highest BCUT2D eigenvalue weighted by Gasteiger charge is 2.23. The normalized spacial score (nSPS) is 10.6. The number of ether oxygens (including phenoxy) is 2. The molecule has 0 saturated heterocycles. The minimum Gasteiger partial charge on any atom is -0.494 e. The molecule has 0 saturated carbocycles. The summed E-state index contributed by atoms with van der Waals surface area (Å²) < 4.78 is 53.8. The zero-order chi connectivity index (χ0) is 22.7. The van der Waals surface area contributed by atoms with Gasteiger partial charge in [-0.2, -0.15) is 0 Å². The fourth-order valence-corrected chi connectivity index (χ4v) is 3.31. The van der Waals surface area contributed by atoms with Crippen LogP contribution in [0.25, 0.3) is 11.1 Å². The van der Waals surface area contributed by atoms with Crippen molar-refractivity contribution in [3.05, 3.63) is 71.5 Å². The van der Waals surface area contributed by atoms with Crippen molar-refractivity contribution in [2.75, 3.05) is 25.7 Å². The molecule has 1 N–H and O–H groups in total. The van der Waals surface area contributed by atoms with Crippen LogP contribution in [-0.2, 0) is 4.79 Å². The highest BCUT2D eigenvalue weighted by atomic mass is 19.1. The monoisotopic (exact) mass is 431 g/mol. The molecule has 0 aromatic heterocycles. The number of aryl methyl sites for hydroxylation is 1. The largest absolute Gasteiger partial charge is 0.494 e. The van der Waals surface area contributed by atoms with E-state index in [2.05, 4.69) is 0 Å². The molecule has 0 fully saturated rings. The molecular weight excluding hydrogens is 411 g/mol. The molecule has 0 bridgehead atoms. The second kappa shape index (κ2) is 8.99. The summed E-state index contributed by atoms with van der Waals surface area (Å²) in [4.78, 5) is 12.0. The first kappa shape index (κ1) is 22.0. The van der Waals surface area contributed by atoms with Crippen LogP contribution in [0.15, 0.2) is 48.5 Å². The van der Waals surface area contributed by atoms with Crippen molar-refractivity contribution in [3.8, 4) is 22.6 Å². The summed E-state index contributed by atoms with van der Waals surface area (Å²) in [6, 6.07) is 11.4. The Morgan fingerprint density at radius 1 is 1.06 bits per heavy atom. The van der Waals surface area contributed by atoms with E-state index in [1.165, 1.54) is 31.2 Å². The number of halogens is 3. The summed E-state index contributed by atoms with van der Waals surface area (Å²) in [6.07, 6.45) is 0. The van der Waals surface area contributed by atoms with Gasteiger partial charge in [0.25, 0.3) is 0 Å². The number of hydrogen-bond acceptors (Lipinski definition) is 4. The van der Waals surface area contributed by atoms with Crippen LogP contribution in [0.2, 0.25) is 0 Å². The van der Waals surface area contributed by atoms with Crippen molar-refractivity contribution in [1.29, 1.82) is 0 Å². The van der Waals surface area contributed by atoms with E-state index >= 15 is 4.39 Å². The number of rotatable bonds is 7. The van der Waals surface area contributed by atoms with Crippen LogP contribution in [-0.4, -0.2) is 31.8 Å². The SMILES string of the molecule is COc1c(C)cc(-c2cccc(F)c2)cc1N(C)c1c(F)ccc(OCC(=O)O)c1F. The first-order chi connectivity index (χ1) is 14.7. The third kappa shape index (κ3) is 4.58. The van der Waals surface area contributed by atoms with Gasteiger partial charge in [0.15, 0.2) is 18.2 Å². The average molecular weight is 431 g/mol. The molecule has 8 heteroatoms. The molecule has 3 aromatic rings. The topological polar surface area (TPSA) is 59.0 Å². The Hall–Kier alpha value is -3.68. The van der Waals surface area contributed by atoms with Gasteiger partial charge < -0.3 is 19.5 Å². The minimum absolute atomic E-state index is 0.329. The second-order valence-electron chi connectivity index (χ2n) is 6.81. The molecule has 0 spiro atoms. The number of carboxylic acid groups (broad SMARTS) is 1. The van der Waals surface area contributed by atoms with E-state index < -0.39 is 41.5 Å². The van der Waals surface area contributed by atoms with Crippen molar-refractivity contribution >= 4 is 17.3 Å². The maximum atomic E-state index is 15.0. The first-order valence-electron chi connectivity index (χ1n) is 9.23. The summed E-state index contributed by atoms with van der Waals surface area (Å²) in [5, 5.41) is 8.76. The molecule has 0 aliphatic carbocycles. The third-order valence-electron chi connectivity index (χ3n) is 4.70. The lowest BCUT2D eigenvalue weighted by molar-refractivity contribution is -0.139. The Balaban J connectivity index is 2.14. The van der Waals surface area contributed by atoms with Crippen LogP contribution < -0.4 is 14.4 Å². The van der Waals surface area contributed by atoms with E-state index in [1.807, 2.05) is 0 Å². The summed E-state index contributed by atoms with van der Waals surface area (Å²) in [7, 11) is 2.87. The van der Waals surface area contributed by atoms with Crippen LogP contribution in [0.4, 0.5) is 24.5 Å². The average Bonchev–Trinajstić information content (AvgIpc) is 2.72. The number of carboxylic acids is 1. The highest BCUT2D eigenvalue weighted by molar-refractivity contribution is 5.79. The maximum absolute atomic E-state index is 15.0. The number of hydrogen-bond donors (Lipinski definition) is 1. The maximum Gasteiger partial charge on any atom is 0.341 e. The molecule has 3 aromatic carbocycles. The van der Waals surface area contributed by atoms with Crippen LogP contribution in [0, 0.1) is 24.4 Å². The van der Waals surface area contributed by atoms with Crippen molar-refractivity contribution in [2.24, 2.45) is 0 Å². The van der Waals surface area contributed by atoms with E-state index in [0.717, 1.165) is 12.1 Å². The molecule has 0 amide bonds. The van der Waals surface area contributed by atoms with Crippen molar-refractivity contribution in [1.82, 2.24) is 0 Å². The van der Waals surface area contributed by atoms with Gasteiger partial charge in [-0.3, -0.25) is 0 Å². The number of nitrogens with zero attached hydrogens (tertiary/aromatic N) is 1. The van der Waals surface area contributed by atoms with E-state index in [1.54, 1.807) is 31.2 Å². The highest BCUT2D eigenvalue weighted by Crippen LogP contribution is 2.42. The second-order valence-corrected chi connectivity index (χ2v) is 6.81. The lowest BCUT2D eigenvalue weighted by Crippen LogP contribution is -2.17. The minimum atomic E-state index is -1.29. The molecule has 0 radical (unpaired) electrons. The molecule has 5 nitrogen and oxygen atoms in total. The summed E-state index contributed by atoms with van der Waals surface area (Å²) >= 11 is 0. The lowest BCUT2D eigenvalue weighted by atomic mass is 10.0. The van der Waals surface area contributed by atoms with E-state index in [9.17, 15) is 13.6 Å². The number of anilines is 2. The van der Waals surface area contributed by atoms with Gasteiger partial charge in [0, 0.05) is 7.05 Å². The van der Waals surface area contributed by atoms with Gasteiger partial charge in [-0.15, -0.1) is 0 Å². The standard InChI is InChI=1S/C23H20F3NO4/c1-13-9-15(14-5-4-6-16(24)10-14)11-18(23(13)30-3)27(2)22-17(25)7-8-19(21(22)26)31-12-20(28)29/h4-11H,12H2,1-3H3,(H,28,29). The third-order valence-corrected chi connectivity index (χ3v) is 4.70. The number of carbonyl (C=O) groups is 1. The van der Waals surface area contributed by atoms with Crippen LogP contribution in [0.3, 0.4) is 0 Å². The molecule has 31 heavy (non-hydrogen) atoms. The number of aliphatic carboxylic acids is 1. The van der Waals surface area contributed by atoms with Gasteiger partial charge in [-0.1, -0.05) is 12.1 Å². The molecule has 162 valence electrons. The first-order valence-corrected chi connectivity index (χ1v) is 9.23. The van der Waals surface area contributed by atoms with E-state index in [-0.39, 0.29) is 0 Å². The number of methoxy groups -OCH3 is 1. The van der Waals surface area contributed by atoms with Gasteiger partial charge >= 0.3 is 5.97 Å². The summed E-state index contributed by atoms with van der Waals surface area (Å²) in [6.45, 7) is 0.987. The smallest absolute Gasteiger partial charge is 0.341 e. The zero-order valence-corrected chi connectivity index (χ0v) is 17.1. The molecule has 0 atom stereocenters. The van der Waals surface area contributed by atoms with Crippen molar-refractivity contribution < 1.29 is 32.5 Å². The predicted octanol–water partition coefficient (Wildman–Crippen LogP) is 5.32.